The number of methoxy groups -OCH3 is 1. The number of carbonyl (C=O) groups is 1. The van der Waals surface area contributed by atoms with Crippen LogP contribution in [0.25, 0.3) is 0 Å². The van der Waals surface area contributed by atoms with Crippen molar-refractivity contribution in [3.05, 3.63) is 75.0 Å². The number of sulfonamides is 1. The number of ether oxygens (including phenoxy) is 1. The van der Waals surface area contributed by atoms with E-state index in [-0.39, 0.29) is 29.1 Å². The maximum absolute atomic E-state index is 12.7. The molecule has 0 saturated carbocycles. The number of hydrogen-bond donors (Lipinski definition) is 3. The Bertz CT molecular complexity index is 1310. The number of nitro groups is 1. The lowest BCUT2D eigenvalue weighted by molar-refractivity contribution is -0.384. The average Bonchev–Trinajstić information content (AvgIpc) is 3.34. The van der Waals surface area contributed by atoms with Gasteiger partial charge >= 0.3 is 5.97 Å². The van der Waals surface area contributed by atoms with Gasteiger partial charge < -0.3 is 9.84 Å². The molecule has 0 bridgehead atoms. The quantitative estimate of drug-likeness (QED) is 0.199. The molecule has 0 amide bonds. The van der Waals surface area contributed by atoms with Gasteiger partial charge in [0, 0.05) is 18.2 Å². The minimum absolute atomic E-state index is 0.0437. The van der Waals surface area contributed by atoms with Crippen LogP contribution in [0.2, 0.25) is 0 Å². The lowest BCUT2D eigenvalue weighted by atomic mass is 10.2. The van der Waals surface area contributed by atoms with Gasteiger partial charge in [-0.05, 0) is 47.8 Å². The summed E-state index contributed by atoms with van der Waals surface area (Å²) in [6.07, 6.45) is -0.0659. The fourth-order valence-electron chi connectivity index (χ4n) is 2.83. The third-order valence-corrected chi connectivity index (χ3v) is 6.81. The fourth-order valence-corrected chi connectivity index (χ4v) is 4.65. The highest BCUT2D eigenvalue weighted by atomic mass is 32.2. The molecule has 2 aromatic carbocycles. The van der Waals surface area contributed by atoms with Crippen LogP contribution in [0.3, 0.4) is 0 Å². The first-order valence-corrected chi connectivity index (χ1v) is 12.1. The summed E-state index contributed by atoms with van der Waals surface area (Å²) in [5, 5.41) is 26.6. The average molecular weight is 505 g/mol. The molecule has 34 heavy (non-hydrogen) atoms. The molecule has 0 aliphatic carbocycles. The standard InChI is InChI=1S/C21H20N4O7S2/c1-32-15-6-4-14(5-7-15)24-34(30,31)16-8-9-17(19(13-16)25(28)29)22-23-18(10-11-21(26)27)20-3-2-12-33-20/h2-9,12-13,22,24H,10-11H2,1H3,(H,26,27). The normalized spacial score (nSPS) is 11.6. The molecule has 0 unspecified atom stereocenters. The lowest BCUT2D eigenvalue weighted by Crippen LogP contribution is -2.13. The molecule has 3 rings (SSSR count). The molecule has 0 radical (unpaired) electrons. The Hall–Kier alpha value is -3.97. The zero-order chi connectivity index (χ0) is 24.7. The van der Waals surface area contributed by atoms with E-state index in [9.17, 15) is 23.3 Å². The van der Waals surface area contributed by atoms with Crippen molar-refractivity contribution in [2.45, 2.75) is 17.7 Å². The molecule has 11 nitrogen and oxygen atoms in total. The van der Waals surface area contributed by atoms with Gasteiger partial charge in [0.2, 0.25) is 0 Å². The van der Waals surface area contributed by atoms with Crippen molar-refractivity contribution in [3.63, 3.8) is 0 Å². The van der Waals surface area contributed by atoms with Crippen molar-refractivity contribution >= 4 is 50.1 Å². The van der Waals surface area contributed by atoms with Gasteiger partial charge in [-0.2, -0.15) is 5.10 Å². The van der Waals surface area contributed by atoms with Gasteiger partial charge in [0.15, 0.2) is 0 Å². The van der Waals surface area contributed by atoms with E-state index < -0.39 is 26.6 Å². The van der Waals surface area contributed by atoms with E-state index in [1.807, 2.05) is 0 Å². The summed E-state index contributed by atoms with van der Waals surface area (Å²) in [5.41, 5.74) is 2.69. The number of benzene rings is 2. The second-order valence-electron chi connectivity index (χ2n) is 6.81. The molecule has 3 aromatic rings. The van der Waals surface area contributed by atoms with Gasteiger partial charge in [0.05, 0.1) is 33.9 Å². The summed E-state index contributed by atoms with van der Waals surface area (Å²) >= 11 is 1.34. The molecule has 0 atom stereocenters. The van der Waals surface area contributed by atoms with E-state index in [4.69, 9.17) is 9.84 Å². The molecule has 178 valence electrons. The van der Waals surface area contributed by atoms with Gasteiger partial charge in [-0.3, -0.25) is 25.1 Å². The molecule has 0 spiro atoms. The molecule has 0 aliphatic heterocycles. The summed E-state index contributed by atoms with van der Waals surface area (Å²) in [6, 6.07) is 13.0. The Labute approximate surface area is 198 Å². The van der Waals surface area contributed by atoms with Crippen LogP contribution >= 0.6 is 11.3 Å². The Balaban J connectivity index is 1.87. The number of aliphatic carboxylic acids is 1. The summed E-state index contributed by atoms with van der Waals surface area (Å²) in [7, 11) is -2.63. The van der Waals surface area contributed by atoms with Gasteiger partial charge in [-0.15, -0.1) is 11.3 Å². The van der Waals surface area contributed by atoms with Crippen LogP contribution in [0.15, 0.2) is 70.0 Å². The third kappa shape index (κ3) is 6.30. The van der Waals surface area contributed by atoms with Crippen molar-refractivity contribution in [3.8, 4) is 5.75 Å². The molecule has 0 aliphatic rings. The van der Waals surface area contributed by atoms with Crippen LogP contribution in [0.1, 0.15) is 17.7 Å². The first-order chi connectivity index (χ1) is 16.2. The van der Waals surface area contributed by atoms with Crippen molar-refractivity contribution in [1.29, 1.82) is 0 Å². The van der Waals surface area contributed by atoms with Gasteiger partial charge in [0.25, 0.3) is 15.7 Å². The molecule has 1 aromatic heterocycles. The molecular formula is C21H20N4O7S2. The zero-order valence-electron chi connectivity index (χ0n) is 17.8. The largest absolute Gasteiger partial charge is 0.497 e. The SMILES string of the molecule is COc1ccc(NS(=O)(=O)c2ccc(NN=C(CCC(=O)O)c3cccs3)c([N+](=O)[O-])c2)cc1. The van der Waals surface area contributed by atoms with Crippen LogP contribution < -0.4 is 14.9 Å². The molecule has 3 N–H and O–H groups in total. The highest BCUT2D eigenvalue weighted by molar-refractivity contribution is 7.92. The van der Waals surface area contributed by atoms with Crippen molar-refractivity contribution in [2.24, 2.45) is 5.10 Å². The van der Waals surface area contributed by atoms with E-state index in [1.54, 1.807) is 29.6 Å². The Morgan fingerprint density at radius 1 is 1.18 bits per heavy atom. The van der Waals surface area contributed by atoms with Gasteiger partial charge in [-0.1, -0.05) is 6.07 Å². The number of rotatable bonds is 11. The number of nitro benzene ring substituents is 1. The van der Waals surface area contributed by atoms with Crippen LogP contribution in [-0.2, 0) is 14.8 Å². The molecule has 13 heteroatoms. The second-order valence-corrected chi connectivity index (χ2v) is 9.44. The maximum atomic E-state index is 12.7. The minimum atomic E-state index is -4.11. The topological polar surface area (TPSA) is 160 Å². The predicted molar refractivity (Wildman–Crippen MR) is 128 cm³/mol. The van der Waals surface area contributed by atoms with Crippen LogP contribution in [0.4, 0.5) is 17.1 Å². The van der Waals surface area contributed by atoms with E-state index in [2.05, 4.69) is 15.2 Å². The number of nitrogens with zero attached hydrogens (tertiary/aromatic N) is 2. The Morgan fingerprint density at radius 2 is 1.91 bits per heavy atom. The molecular weight excluding hydrogens is 484 g/mol. The first kappa shape index (κ1) is 24.7. The smallest absolute Gasteiger partial charge is 0.303 e. The van der Waals surface area contributed by atoms with E-state index in [0.717, 1.165) is 6.07 Å². The fraction of sp³-hybridized carbons (Fsp3) is 0.143. The highest BCUT2D eigenvalue weighted by Crippen LogP contribution is 2.29. The van der Waals surface area contributed by atoms with Gasteiger partial charge in [-0.25, -0.2) is 8.42 Å². The van der Waals surface area contributed by atoms with Gasteiger partial charge in [0.1, 0.15) is 11.4 Å². The third-order valence-electron chi connectivity index (χ3n) is 4.51. The Kier molecular flexibility index (Phi) is 7.81. The molecule has 0 saturated heterocycles. The predicted octanol–water partition coefficient (Wildman–Crippen LogP) is 4.15. The lowest BCUT2D eigenvalue weighted by Gasteiger charge is -2.10. The maximum Gasteiger partial charge on any atom is 0.303 e. The number of nitrogens with one attached hydrogen (secondary N) is 2. The number of hydrogen-bond acceptors (Lipinski definition) is 9. The number of anilines is 2. The molecule has 0 fully saturated rings. The number of hydrazone groups is 1. The summed E-state index contributed by atoms with van der Waals surface area (Å²) in [4.78, 5) is 22.3. The van der Waals surface area contributed by atoms with E-state index in [0.29, 0.717) is 16.3 Å². The van der Waals surface area contributed by atoms with Crippen molar-refractivity contribution in [1.82, 2.24) is 0 Å². The van der Waals surface area contributed by atoms with E-state index in [1.165, 1.54) is 42.7 Å². The number of carboxylic acids is 1. The van der Waals surface area contributed by atoms with Crippen LogP contribution in [-0.4, -0.2) is 37.2 Å². The minimum Gasteiger partial charge on any atom is -0.497 e. The monoisotopic (exact) mass is 504 g/mol. The summed E-state index contributed by atoms with van der Waals surface area (Å²) in [6.45, 7) is 0. The number of thiophene rings is 1. The van der Waals surface area contributed by atoms with Crippen molar-refractivity contribution < 1.29 is 28.0 Å². The van der Waals surface area contributed by atoms with Crippen LogP contribution in [0, 0.1) is 10.1 Å². The Morgan fingerprint density at radius 3 is 2.50 bits per heavy atom. The first-order valence-electron chi connectivity index (χ1n) is 9.73. The zero-order valence-corrected chi connectivity index (χ0v) is 19.4. The summed E-state index contributed by atoms with van der Waals surface area (Å²) < 4.78 is 32.9. The number of carboxylic acid groups (broad SMARTS) is 1. The summed E-state index contributed by atoms with van der Waals surface area (Å²) in [5.74, 6) is -0.464. The van der Waals surface area contributed by atoms with Crippen LogP contribution in [0.5, 0.6) is 5.75 Å². The van der Waals surface area contributed by atoms with Crippen molar-refractivity contribution in [2.75, 3.05) is 17.3 Å². The molecule has 1 heterocycles. The second kappa shape index (κ2) is 10.8. The van der Waals surface area contributed by atoms with E-state index >= 15 is 0 Å². The highest BCUT2D eigenvalue weighted by Gasteiger charge is 2.22.